The van der Waals surface area contributed by atoms with E-state index in [1.54, 1.807) is 6.20 Å². The van der Waals surface area contributed by atoms with E-state index in [0.717, 1.165) is 49.0 Å². The number of anilines is 1. The van der Waals surface area contributed by atoms with Crippen molar-refractivity contribution in [2.24, 2.45) is 5.92 Å². The number of rotatable bonds is 5. The van der Waals surface area contributed by atoms with Crippen molar-refractivity contribution in [3.05, 3.63) is 36.2 Å². The average Bonchev–Trinajstić information content (AvgIpc) is 3.47. The summed E-state index contributed by atoms with van der Waals surface area (Å²) in [4.78, 5) is 13.7. The van der Waals surface area contributed by atoms with E-state index in [1.807, 2.05) is 18.2 Å². The Kier molecular flexibility index (Phi) is 4.43. The van der Waals surface area contributed by atoms with Crippen LogP contribution >= 0.6 is 0 Å². The van der Waals surface area contributed by atoms with E-state index in [1.165, 1.54) is 12.8 Å². The Morgan fingerprint density at radius 1 is 1.21 bits per heavy atom. The first kappa shape index (κ1) is 15.5. The molecule has 2 aromatic heterocycles. The van der Waals surface area contributed by atoms with Crippen LogP contribution in [0.4, 0.5) is 5.82 Å². The molecular weight excluding hydrogens is 300 g/mol. The second-order valence-corrected chi connectivity index (χ2v) is 6.75. The maximum absolute atomic E-state index is 5.93. The normalized spacial score (nSPS) is 23.9. The summed E-state index contributed by atoms with van der Waals surface area (Å²) in [5.41, 5.74) is 1.86. The van der Waals surface area contributed by atoms with Gasteiger partial charge in [0.1, 0.15) is 11.5 Å². The number of pyridine rings is 1. The van der Waals surface area contributed by atoms with Gasteiger partial charge in [-0.2, -0.15) is 0 Å². The summed E-state index contributed by atoms with van der Waals surface area (Å²) in [7, 11) is 0. The van der Waals surface area contributed by atoms with E-state index >= 15 is 0 Å². The maximum Gasteiger partial charge on any atom is 0.180 e. The summed E-state index contributed by atoms with van der Waals surface area (Å²) in [5, 5.41) is 3.62. The van der Waals surface area contributed by atoms with Gasteiger partial charge in [-0.3, -0.25) is 4.98 Å². The molecule has 1 saturated heterocycles. The molecule has 0 radical (unpaired) electrons. The SMILES string of the molecule is CCc1cc(NC2CCOC(C3CC3)C2)nc(-c2ccccn2)n1. The molecule has 2 aromatic rings. The minimum atomic E-state index is 0.430. The molecule has 1 N–H and O–H groups in total. The van der Waals surface area contributed by atoms with Crippen LogP contribution in [0.2, 0.25) is 0 Å². The number of aryl methyl sites for hydroxylation is 1. The van der Waals surface area contributed by atoms with Crippen LogP contribution in [0.3, 0.4) is 0 Å². The average molecular weight is 324 g/mol. The number of nitrogens with zero attached hydrogens (tertiary/aromatic N) is 3. The van der Waals surface area contributed by atoms with Crippen molar-refractivity contribution < 1.29 is 4.74 Å². The lowest BCUT2D eigenvalue weighted by atomic mass is 10.00. The fourth-order valence-electron chi connectivity index (χ4n) is 3.33. The Bertz CT molecular complexity index is 687. The minimum Gasteiger partial charge on any atom is -0.378 e. The molecule has 2 atom stereocenters. The number of hydrogen-bond donors (Lipinski definition) is 1. The van der Waals surface area contributed by atoms with Crippen LogP contribution in [-0.4, -0.2) is 33.7 Å². The molecule has 2 unspecified atom stereocenters. The first-order chi connectivity index (χ1) is 11.8. The van der Waals surface area contributed by atoms with E-state index in [-0.39, 0.29) is 0 Å². The number of hydrogen-bond acceptors (Lipinski definition) is 5. The van der Waals surface area contributed by atoms with E-state index in [9.17, 15) is 0 Å². The standard InChI is InChI=1S/C19H24N4O/c1-2-14-12-18(23-19(22-14)16-5-3-4-9-20-16)21-15-8-10-24-17(11-15)13-6-7-13/h3-5,9,12-13,15,17H,2,6-8,10-11H2,1H3,(H,21,22,23). The van der Waals surface area contributed by atoms with Crippen LogP contribution in [0, 0.1) is 5.92 Å². The quantitative estimate of drug-likeness (QED) is 0.912. The summed E-state index contributed by atoms with van der Waals surface area (Å²) in [6.45, 7) is 2.96. The van der Waals surface area contributed by atoms with Gasteiger partial charge in [-0.05, 0) is 50.2 Å². The number of nitrogens with one attached hydrogen (secondary N) is 1. The molecule has 126 valence electrons. The van der Waals surface area contributed by atoms with E-state index < -0.39 is 0 Å². The van der Waals surface area contributed by atoms with Crippen LogP contribution < -0.4 is 5.32 Å². The van der Waals surface area contributed by atoms with Crippen molar-refractivity contribution in [3.63, 3.8) is 0 Å². The number of ether oxygens (including phenoxy) is 1. The molecule has 0 spiro atoms. The molecule has 0 bridgehead atoms. The highest BCUT2D eigenvalue weighted by molar-refractivity contribution is 5.53. The van der Waals surface area contributed by atoms with Gasteiger partial charge in [0.05, 0.1) is 6.10 Å². The summed E-state index contributed by atoms with van der Waals surface area (Å²) in [6, 6.07) is 8.33. The number of aromatic nitrogens is 3. The van der Waals surface area contributed by atoms with Crippen LogP contribution in [-0.2, 0) is 11.2 Å². The van der Waals surface area contributed by atoms with Crippen molar-refractivity contribution >= 4 is 5.82 Å². The van der Waals surface area contributed by atoms with Crippen molar-refractivity contribution in [3.8, 4) is 11.5 Å². The highest BCUT2D eigenvalue weighted by Gasteiger charge is 2.35. The van der Waals surface area contributed by atoms with Crippen molar-refractivity contribution in [2.45, 2.75) is 51.2 Å². The summed E-state index contributed by atoms with van der Waals surface area (Å²) >= 11 is 0. The van der Waals surface area contributed by atoms with Gasteiger partial charge in [0.15, 0.2) is 5.82 Å². The van der Waals surface area contributed by atoms with Gasteiger partial charge < -0.3 is 10.1 Å². The summed E-state index contributed by atoms with van der Waals surface area (Å²) in [5.74, 6) is 2.39. The summed E-state index contributed by atoms with van der Waals surface area (Å²) < 4.78 is 5.93. The Morgan fingerprint density at radius 3 is 2.88 bits per heavy atom. The van der Waals surface area contributed by atoms with Crippen LogP contribution in [0.5, 0.6) is 0 Å². The third-order valence-electron chi connectivity index (χ3n) is 4.85. The molecule has 1 aliphatic carbocycles. The zero-order valence-corrected chi connectivity index (χ0v) is 14.1. The molecule has 24 heavy (non-hydrogen) atoms. The van der Waals surface area contributed by atoms with Crippen LogP contribution in [0.15, 0.2) is 30.5 Å². The fraction of sp³-hybridized carbons (Fsp3) is 0.526. The van der Waals surface area contributed by atoms with E-state index in [0.29, 0.717) is 18.0 Å². The lowest BCUT2D eigenvalue weighted by Gasteiger charge is -2.30. The molecule has 2 aliphatic rings. The Balaban J connectivity index is 1.53. The molecular formula is C19H24N4O. The van der Waals surface area contributed by atoms with Crippen LogP contribution in [0.25, 0.3) is 11.5 Å². The smallest absolute Gasteiger partial charge is 0.180 e. The van der Waals surface area contributed by atoms with Gasteiger partial charge in [0.25, 0.3) is 0 Å². The predicted octanol–water partition coefficient (Wildman–Crippen LogP) is 3.47. The van der Waals surface area contributed by atoms with E-state index in [4.69, 9.17) is 9.72 Å². The second-order valence-electron chi connectivity index (χ2n) is 6.75. The highest BCUT2D eigenvalue weighted by Crippen LogP contribution is 2.38. The van der Waals surface area contributed by atoms with Crippen molar-refractivity contribution in [2.75, 3.05) is 11.9 Å². The van der Waals surface area contributed by atoms with Gasteiger partial charge in [-0.25, -0.2) is 9.97 Å². The first-order valence-corrected chi connectivity index (χ1v) is 8.99. The molecule has 1 aliphatic heterocycles. The third kappa shape index (κ3) is 3.56. The van der Waals surface area contributed by atoms with Gasteiger partial charge in [-0.1, -0.05) is 13.0 Å². The molecule has 0 aromatic carbocycles. The van der Waals surface area contributed by atoms with Gasteiger partial charge in [-0.15, -0.1) is 0 Å². The molecule has 0 amide bonds. The summed E-state index contributed by atoms with van der Waals surface area (Å²) in [6.07, 6.45) is 7.86. The molecule has 1 saturated carbocycles. The van der Waals surface area contributed by atoms with Gasteiger partial charge >= 0.3 is 0 Å². The zero-order chi connectivity index (χ0) is 16.4. The molecule has 4 rings (SSSR count). The lowest BCUT2D eigenvalue weighted by molar-refractivity contribution is -0.00223. The largest absolute Gasteiger partial charge is 0.378 e. The maximum atomic E-state index is 5.93. The Labute approximate surface area is 142 Å². The monoisotopic (exact) mass is 324 g/mol. The predicted molar refractivity (Wildman–Crippen MR) is 93.7 cm³/mol. The highest BCUT2D eigenvalue weighted by atomic mass is 16.5. The fourth-order valence-corrected chi connectivity index (χ4v) is 3.33. The minimum absolute atomic E-state index is 0.430. The first-order valence-electron chi connectivity index (χ1n) is 8.99. The van der Waals surface area contributed by atoms with Crippen LogP contribution in [0.1, 0.15) is 38.3 Å². The third-order valence-corrected chi connectivity index (χ3v) is 4.85. The topological polar surface area (TPSA) is 59.9 Å². The van der Waals surface area contributed by atoms with E-state index in [2.05, 4.69) is 28.3 Å². The molecule has 2 fully saturated rings. The Morgan fingerprint density at radius 2 is 2.12 bits per heavy atom. The Hall–Kier alpha value is -2.01. The molecule has 5 nitrogen and oxygen atoms in total. The molecule has 5 heteroatoms. The van der Waals surface area contributed by atoms with Gasteiger partial charge in [0, 0.05) is 30.6 Å². The second kappa shape index (κ2) is 6.85. The lowest BCUT2D eigenvalue weighted by Crippen LogP contribution is -2.35. The molecule has 3 heterocycles. The van der Waals surface area contributed by atoms with Gasteiger partial charge in [0.2, 0.25) is 0 Å². The van der Waals surface area contributed by atoms with Crippen molar-refractivity contribution in [1.29, 1.82) is 0 Å². The van der Waals surface area contributed by atoms with Crippen molar-refractivity contribution in [1.82, 2.24) is 15.0 Å². The zero-order valence-electron chi connectivity index (χ0n) is 14.1.